The molecule has 36 heavy (non-hydrogen) atoms. The summed E-state index contributed by atoms with van der Waals surface area (Å²) in [5.41, 5.74) is 1.68. The Morgan fingerprint density at radius 3 is 2.53 bits per heavy atom. The third-order valence-electron chi connectivity index (χ3n) is 5.69. The molecule has 2 aliphatic rings. The Labute approximate surface area is 211 Å². The third-order valence-corrected chi connectivity index (χ3v) is 6.99. The standard InChI is InChI=1S/C26H24F2N2O5S/c1-34-19-10-7-17(8-11-19)14-35-26(33)23-18(9-12-20(27)28)15-36-25-22(24(32)30(23)25)29-21(31)13-16-5-3-2-4-6-16/h2-12,20,22,25H,13-15H2,1H3,(H,29,31)/b12-9-/t22-,25-/m1/s1. The van der Waals surface area contributed by atoms with Gasteiger partial charge in [0.15, 0.2) is 0 Å². The number of carbonyl (C=O) groups excluding carboxylic acids is 3. The van der Waals surface area contributed by atoms with Gasteiger partial charge in [-0.3, -0.25) is 14.5 Å². The first-order chi connectivity index (χ1) is 17.4. The molecule has 1 saturated heterocycles. The van der Waals surface area contributed by atoms with Crippen LogP contribution in [-0.4, -0.2) is 53.4 Å². The number of rotatable bonds is 9. The zero-order valence-corrected chi connectivity index (χ0v) is 20.2. The summed E-state index contributed by atoms with van der Waals surface area (Å²) in [5, 5.41) is 2.19. The van der Waals surface area contributed by atoms with Gasteiger partial charge in [-0.2, -0.15) is 0 Å². The fourth-order valence-electron chi connectivity index (χ4n) is 3.89. The van der Waals surface area contributed by atoms with Gasteiger partial charge in [-0.1, -0.05) is 48.5 Å². The van der Waals surface area contributed by atoms with E-state index >= 15 is 0 Å². The number of nitrogens with one attached hydrogen (secondary N) is 1. The van der Waals surface area contributed by atoms with Crippen molar-refractivity contribution in [2.24, 2.45) is 0 Å². The zero-order valence-electron chi connectivity index (χ0n) is 19.4. The van der Waals surface area contributed by atoms with Crippen molar-refractivity contribution in [2.75, 3.05) is 12.9 Å². The highest BCUT2D eigenvalue weighted by atomic mass is 32.2. The van der Waals surface area contributed by atoms with Gasteiger partial charge < -0.3 is 14.8 Å². The van der Waals surface area contributed by atoms with Gasteiger partial charge in [-0.05, 0) is 34.9 Å². The van der Waals surface area contributed by atoms with E-state index in [1.807, 2.05) is 30.3 Å². The Kier molecular flexibility index (Phi) is 8.04. The minimum absolute atomic E-state index is 0.0742. The van der Waals surface area contributed by atoms with Crippen LogP contribution in [0.3, 0.4) is 0 Å². The minimum Gasteiger partial charge on any atom is -0.497 e. The van der Waals surface area contributed by atoms with Crippen LogP contribution in [0.5, 0.6) is 5.75 Å². The van der Waals surface area contributed by atoms with Gasteiger partial charge in [-0.25, -0.2) is 13.6 Å². The van der Waals surface area contributed by atoms with Crippen molar-refractivity contribution in [2.45, 2.75) is 30.9 Å². The lowest BCUT2D eigenvalue weighted by Crippen LogP contribution is -2.70. The van der Waals surface area contributed by atoms with Gasteiger partial charge in [0.1, 0.15) is 29.5 Å². The number of amides is 2. The van der Waals surface area contributed by atoms with E-state index in [-0.39, 0.29) is 36.0 Å². The van der Waals surface area contributed by atoms with Crippen LogP contribution in [0, 0.1) is 0 Å². The lowest BCUT2D eigenvalue weighted by Gasteiger charge is -2.49. The van der Waals surface area contributed by atoms with Gasteiger partial charge in [0.25, 0.3) is 12.3 Å². The number of nitrogens with zero attached hydrogens (tertiary/aromatic N) is 1. The summed E-state index contributed by atoms with van der Waals surface area (Å²) in [6, 6.07) is 15.2. The van der Waals surface area contributed by atoms with Crippen LogP contribution in [0.1, 0.15) is 11.1 Å². The molecular weight excluding hydrogens is 490 g/mol. The number of hydrogen-bond acceptors (Lipinski definition) is 6. The molecule has 4 rings (SSSR count). The first-order valence-electron chi connectivity index (χ1n) is 11.1. The van der Waals surface area contributed by atoms with E-state index < -0.39 is 29.7 Å². The number of β-lactam (4-membered cyclic amide) rings is 1. The predicted molar refractivity (Wildman–Crippen MR) is 130 cm³/mol. The molecule has 7 nitrogen and oxygen atoms in total. The molecule has 1 N–H and O–H groups in total. The summed E-state index contributed by atoms with van der Waals surface area (Å²) in [6.45, 7) is -0.0742. The van der Waals surface area contributed by atoms with Crippen molar-refractivity contribution >= 4 is 29.5 Å². The van der Waals surface area contributed by atoms with Crippen LogP contribution < -0.4 is 10.1 Å². The second-order valence-corrected chi connectivity index (χ2v) is 9.21. The molecule has 1 fully saturated rings. The molecule has 0 aromatic heterocycles. The highest BCUT2D eigenvalue weighted by Crippen LogP contribution is 2.41. The second-order valence-electron chi connectivity index (χ2n) is 8.11. The number of methoxy groups -OCH3 is 1. The van der Waals surface area contributed by atoms with Crippen LogP contribution in [0.4, 0.5) is 8.78 Å². The molecule has 2 amide bonds. The normalized spacial score (nSPS) is 19.2. The maximum Gasteiger partial charge on any atom is 0.355 e. The fraction of sp³-hybridized carbons (Fsp3) is 0.269. The number of benzene rings is 2. The van der Waals surface area contributed by atoms with Crippen LogP contribution in [-0.2, 0) is 32.1 Å². The number of esters is 1. The Bertz CT molecular complexity index is 1180. The largest absolute Gasteiger partial charge is 0.497 e. The summed E-state index contributed by atoms with van der Waals surface area (Å²) in [4.78, 5) is 39.8. The SMILES string of the molecule is COc1ccc(COC(=O)C2=C(/C=C\C(F)F)CS[C@@H]3[C@H](NC(=O)Cc4ccccc4)C(=O)N23)cc1. The van der Waals surface area contributed by atoms with E-state index in [1.165, 1.54) is 23.8 Å². The van der Waals surface area contributed by atoms with Gasteiger partial charge in [0, 0.05) is 5.75 Å². The highest BCUT2D eigenvalue weighted by molar-refractivity contribution is 8.00. The zero-order chi connectivity index (χ0) is 25.7. The van der Waals surface area contributed by atoms with Gasteiger partial charge in [0.05, 0.1) is 13.5 Å². The lowest BCUT2D eigenvalue weighted by atomic mass is 10.0. The molecule has 2 aliphatic heterocycles. The van der Waals surface area contributed by atoms with Crippen molar-refractivity contribution in [3.05, 3.63) is 89.1 Å². The Morgan fingerprint density at radius 1 is 1.14 bits per heavy atom. The van der Waals surface area contributed by atoms with Crippen molar-refractivity contribution in [1.82, 2.24) is 10.2 Å². The van der Waals surface area contributed by atoms with E-state index in [4.69, 9.17) is 9.47 Å². The number of halogens is 2. The Balaban J connectivity index is 1.48. The molecular formula is C26H24F2N2O5S. The Morgan fingerprint density at radius 2 is 1.86 bits per heavy atom. The molecule has 0 aliphatic carbocycles. The number of allylic oxidation sites excluding steroid dienone is 2. The number of carbonyl (C=O) groups is 3. The predicted octanol–water partition coefficient (Wildman–Crippen LogP) is 3.46. The number of fused-ring (bicyclic) bond motifs is 1. The molecule has 0 unspecified atom stereocenters. The van der Waals surface area contributed by atoms with Crippen LogP contribution in [0.15, 0.2) is 78.0 Å². The molecule has 2 heterocycles. The Hall–Kier alpha value is -3.66. The van der Waals surface area contributed by atoms with E-state index in [1.54, 1.807) is 24.3 Å². The number of thioether (sulfide) groups is 1. The van der Waals surface area contributed by atoms with Crippen molar-refractivity contribution < 1.29 is 32.6 Å². The summed E-state index contributed by atoms with van der Waals surface area (Å²) in [5.74, 6) is -0.766. The van der Waals surface area contributed by atoms with Crippen LogP contribution >= 0.6 is 11.8 Å². The molecule has 2 atom stereocenters. The van der Waals surface area contributed by atoms with E-state index in [2.05, 4.69) is 5.32 Å². The topological polar surface area (TPSA) is 84.9 Å². The third kappa shape index (κ3) is 5.76. The maximum atomic E-state index is 13.0. The maximum absolute atomic E-state index is 13.0. The van der Waals surface area contributed by atoms with Crippen molar-refractivity contribution in [1.29, 1.82) is 0 Å². The lowest BCUT2D eigenvalue weighted by molar-refractivity contribution is -0.153. The highest BCUT2D eigenvalue weighted by Gasteiger charge is 2.54. The summed E-state index contributed by atoms with van der Waals surface area (Å²) < 4.78 is 36.2. The molecule has 188 valence electrons. The number of hydrogen-bond donors (Lipinski definition) is 1. The molecule has 0 bridgehead atoms. The summed E-state index contributed by atoms with van der Waals surface area (Å²) in [7, 11) is 1.54. The average molecular weight is 515 g/mol. The minimum atomic E-state index is -2.71. The van der Waals surface area contributed by atoms with Gasteiger partial charge in [-0.15, -0.1) is 11.8 Å². The molecule has 0 saturated carbocycles. The first-order valence-corrected chi connectivity index (χ1v) is 12.2. The van der Waals surface area contributed by atoms with Gasteiger partial charge >= 0.3 is 5.97 Å². The molecule has 2 aromatic carbocycles. The quantitative estimate of drug-likeness (QED) is 0.408. The second kappa shape index (κ2) is 11.4. The summed E-state index contributed by atoms with van der Waals surface area (Å²) >= 11 is 1.29. The molecule has 10 heteroatoms. The monoisotopic (exact) mass is 514 g/mol. The van der Waals surface area contributed by atoms with Crippen molar-refractivity contribution in [3.63, 3.8) is 0 Å². The van der Waals surface area contributed by atoms with E-state index in [9.17, 15) is 23.2 Å². The van der Waals surface area contributed by atoms with Crippen LogP contribution in [0.2, 0.25) is 0 Å². The molecule has 2 aromatic rings. The smallest absolute Gasteiger partial charge is 0.355 e. The van der Waals surface area contributed by atoms with Crippen LogP contribution in [0.25, 0.3) is 0 Å². The molecule has 0 radical (unpaired) electrons. The number of ether oxygens (including phenoxy) is 2. The van der Waals surface area contributed by atoms with Gasteiger partial charge in [0.2, 0.25) is 5.91 Å². The number of alkyl halides is 2. The van der Waals surface area contributed by atoms with E-state index in [0.717, 1.165) is 11.6 Å². The van der Waals surface area contributed by atoms with E-state index in [0.29, 0.717) is 17.4 Å². The first kappa shape index (κ1) is 25.4. The molecule has 0 spiro atoms. The van der Waals surface area contributed by atoms with Crippen molar-refractivity contribution in [3.8, 4) is 5.75 Å². The summed E-state index contributed by atoms with van der Waals surface area (Å²) in [6.07, 6.45) is -0.798. The fourth-order valence-corrected chi connectivity index (χ4v) is 5.21. The average Bonchev–Trinajstić information content (AvgIpc) is 2.89.